The third-order valence-electron chi connectivity index (χ3n) is 5.26. The standard InChI is InChI=1S/C26H22N2O3/c1-17-22(25(29)28-24(26(30)31-2)19-13-7-4-8-14-19)20-15-9-10-16-21(20)27-23(17)18-11-5-3-6-12-18/h3-16,24H,1-2H3,(H,28,29). The van der Waals surface area contributed by atoms with Crippen LogP contribution in [-0.4, -0.2) is 24.0 Å². The van der Waals surface area contributed by atoms with E-state index in [0.29, 0.717) is 16.6 Å². The SMILES string of the molecule is COC(=O)C(NC(=O)c1c(C)c(-c2ccccc2)nc2ccccc12)c1ccccc1. The van der Waals surface area contributed by atoms with Crippen molar-refractivity contribution in [2.75, 3.05) is 7.11 Å². The van der Waals surface area contributed by atoms with Crippen molar-refractivity contribution in [3.63, 3.8) is 0 Å². The first kappa shape index (κ1) is 20.3. The molecule has 31 heavy (non-hydrogen) atoms. The molecule has 0 radical (unpaired) electrons. The van der Waals surface area contributed by atoms with E-state index >= 15 is 0 Å². The minimum atomic E-state index is -0.912. The van der Waals surface area contributed by atoms with Crippen LogP contribution in [0.3, 0.4) is 0 Å². The molecule has 0 bridgehead atoms. The van der Waals surface area contributed by atoms with Gasteiger partial charge in [0, 0.05) is 10.9 Å². The molecule has 0 aliphatic heterocycles. The second-order valence-corrected chi connectivity index (χ2v) is 7.18. The molecule has 4 aromatic rings. The van der Waals surface area contributed by atoms with Crippen LogP contribution in [0.5, 0.6) is 0 Å². The molecule has 1 unspecified atom stereocenters. The highest BCUT2D eigenvalue weighted by Gasteiger charge is 2.26. The number of para-hydroxylation sites is 1. The van der Waals surface area contributed by atoms with Crippen LogP contribution in [0, 0.1) is 6.92 Å². The maximum atomic E-state index is 13.5. The van der Waals surface area contributed by atoms with Crippen molar-refractivity contribution in [1.82, 2.24) is 10.3 Å². The average molecular weight is 410 g/mol. The molecule has 1 amide bonds. The lowest BCUT2D eigenvalue weighted by molar-refractivity contribution is -0.143. The van der Waals surface area contributed by atoms with Crippen LogP contribution in [-0.2, 0) is 9.53 Å². The lowest BCUT2D eigenvalue weighted by Crippen LogP contribution is -2.35. The molecule has 0 aliphatic carbocycles. The number of carbonyl (C=O) groups excluding carboxylic acids is 2. The topological polar surface area (TPSA) is 68.3 Å². The molecule has 0 aliphatic rings. The maximum Gasteiger partial charge on any atom is 0.333 e. The highest BCUT2D eigenvalue weighted by Crippen LogP contribution is 2.30. The van der Waals surface area contributed by atoms with E-state index in [1.54, 1.807) is 12.1 Å². The van der Waals surface area contributed by atoms with E-state index in [2.05, 4.69) is 5.32 Å². The van der Waals surface area contributed by atoms with Gasteiger partial charge in [0.1, 0.15) is 0 Å². The lowest BCUT2D eigenvalue weighted by Gasteiger charge is -2.19. The van der Waals surface area contributed by atoms with Crippen molar-refractivity contribution in [3.8, 4) is 11.3 Å². The largest absolute Gasteiger partial charge is 0.467 e. The summed E-state index contributed by atoms with van der Waals surface area (Å²) >= 11 is 0. The van der Waals surface area contributed by atoms with Crippen LogP contribution in [0.4, 0.5) is 0 Å². The molecule has 5 nitrogen and oxygen atoms in total. The lowest BCUT2D eigenvalue weighted by atomic mass is 9.96. The molecule has 3 aromatic carbocycles. The number of pyridine rings is 1. The van der Waals surface area contributed by atoms with Crippen LogP contribution < -0.4 is 5.32 Å². The van der Waals surface area contributed by atoms with E-state index in [0.717, 1.165) is 22.2 Å². The first-order valence-corrected chi connectivity index (χ1v) is 9.98. The minimum absolute atomic E-state index is 0.354. The summed E-state index contributed by atoms with van der Waals surface area (Å²) in [6, 6.07) is 25.4. The summed E-state index contributed by atoms with van der Waals surface area (Å²) in [5.41, 5.74) is 4.27. The molecule has 0 saturated heterocycles. The number of methoxy groups -OCH3 is 1. The van der Waals surface area contributed by atoms with Crippen molar-refractivity contribution in [1.29, 1.82) is 0 Å². The fourth-order valence-electron chi connectivity index (χ4n) is 3.72. The molecule has 1 aromatic heterocycles. The molecule has 1 heterocycles. The second-order valence-electron chi connectivity index (χ2n) is 7.18. The van der Waals surface area contributed by atoms with Crippen molar-refractivity contribution in [3.05, 3.63) is 102 Å². The van der Waals surface area contributed by atoms with E-state index in [9.17, 15) is 9.59 Å². The monoisotopic (exact) mass is 410 g/mol. The normalized spacial score (nSPS) is 11.7. The van der Waals surface area contributed by atoms with Gasteiger partial charge in [-0.05, 0) is 24.1 Å². The highest BCUT2D eigenvalue weighted by molar-refractivity contribution is 6.09. The molecule has 1 N–H and O–H groups in total. The van der Waals surface area contributed by atoms with Crippen LogP contribution in [0.1, 0.15) is 27.5 Å². The van der Waals surface area contributed by atoms with Crippen molar-refractivity contribution in [2.24, 2.45) is 0 Å². The Morgan fingerprint density at radius 2 is 1.48 bits per heavy atom. The summed E-state index contributed by atoms with van der Waals surface area (Å²) in [7, 11) is 1.31. The van der Waals surface area contributed by atoms with E-state index in [4.69, 9.17) is 9.72 Å². The van der Waals surface area contributed by atoms with Gasteiger partial charge >= 0.3 is 5.97 Å². The van der Waals surface area contributed by atoms with Gasteiger partial charge in [-0.25, -0.2) is 9.78 Å². The van der Waals surface area contributed by atoms with Gasteiger partial charge in [0.2, 0.25) is 0 Å². The number of hydrogen-bond donors (Lipinski definition) is 1. The number of aromatic nitrogens is 1. The summed E-state index contributed by atoms with van der Waals surface area (Å²) in [6.07, 6.45) is 0. The first-order chi connectivity index (χ1) is 15.1. The average Bonchev–Trinajstić information content (AvgIpc) is 2.82. The minimum Gasteiger partial charge on any atom is -0.467 e. The molecule has 0 fully saturated rings. The molecular weight excluding hydrogens is 388 g/mol. The van der Waals surface area contributed by atoms with Crippen LogP contribution in [0.15, 0.2) is 84.9 Å². The van der Waals surface area contributed by atoms with Crippen LogP contribution >= 0.6 is 0 Å². The van der Waals surface area contributed by atoms with Gasteiger partial charge in [-0.1, -0.05) is 78.9 Å². The van der Waals surface area contributed by atoms with E-state index in [1.165, 1.54) is 7.11 Å². The van der Waals surface area contributed by atoms with E-state index in [1.807, 2.05) is 79.7 Å². The Kier molecular flexibility index (Phi) is 5.76. The quantitative estimate of drug-likeness (QED) is 0.478. The molecule has 0 spiro atoms. The second kappa shape index (κ2) is 8.79. The number of esters is 1. The van der Waals surface area contributed by atoms with Gasteiger partial charge < -0.3 is 10.1 Å². The summed E-state index contributed by atoms with van der Waals surface area (Å²) in [6.45, 7) is 1.88. The van der Waals surface area contributed by atoms with Gasteiger partial charge in [-0.15, -0.1) is 0 Å². The maximum absolute atomic E-state index is 13.5. The zero-order chi connectivity index (χ0) is 21.8. The van der Waals surface area contributed by atoms with E-state index < -0.39 is 12.0 Å². The number of rotatable bonds is 5. The third-order valence-corrected chi connectivity index (χ3v) is 5.26. The Morgan fingerprint density at radius 3 is 2.16 bits per heavy atom. The number of nitrogens with one attached hydrogen (secondary N) is 1. The number of ether oxygens (including phenoxy) is 1. The zero-order valence-corrected chi connectivity index (χ0v) is 17.3. The molecule has 5 heteroatoms. The molecule has 1 atom stereocenters. The molecule has 0 saturated carbocycles. The summed E-state index contributed by atoms with van der Waals surface area (Å²) in [5, 5.41) is 3.60. The Labute approximate surface area is 180 Å². The Hall–Kier alpha value is -3.99. The van der Waals surface area contributed by atoms with Crippen LogP contribution in [0.25, 0.3) is 22.2 Å². The Bertz CT molecular complexity index is 1240. The fraction of sp³-hybridized carbons (Fsp3) is 0.115. The fourth-order valence-corrected chi connectivity index (χ4v) is 3.72. The number of fused-ring (bicyclic) bond motifs is 1. The predicted molar refractivity (Wildman–Crippen MR) is 121 cm³/mol. The summed E-state index contributed by atoms with van der Waals surface area (Å²) in [4.78, 5) is 30.8. The highest BCUT2D eigenvalue weighted by atomic mass is 16.5. The smallest absolute Gasteiger partial charge is 0.333 e. The number of nitrogens with zero attached hydrogens (tertiary/aromatic N) is 1. The van der Waals surface area contributed by atoms with E-state index in [-0.39, 0.29) is 5.91 Å². The Balaban J connectivity index is 1.83. The Morgan fingerprint density at radius 1 is 0.871 bits per heavy atom. The molecule has 4 rings (SSSR count). The van der Waals surface area contributed by atoms with Gasteiger partial charge in [0.05, 0.1) is 23.9 Å². The summed E-state index contributed by atoms with van der Waals surface area (Å²) < 4.78 is 4.95. The molecule has 154 valence electrons. The number of carbonyl (C=O) groups is 2. The van der Waals surface area contributed by atoms with Crippen LogP contribution in [0.2, 0.25) is 0 Å². The predicted octanol–water partition coefficient (Wildman–Crippen LogP) is 4.85. The number of amides is 1. The van der Waals surface area contributed by atoms with Gasteiger partial charge in [0.25, 0.3) is 5.91 Å². The zero-order valence-electron chi connectivity index (χ0n) is 17.3. The molecular formula is C26H22N2O3. The summed E-state index contributed by atoms with van der Waals surface area (Å²) in [5.74, 6) is -0.883. The van der Waals surface area contributed by atoms with Gasteiger partial charge in [0.15, 0.2) is 6.04 Å². The number of hydrogen-bond acceptors (Lipinski definition) is 4. The van der Waals surface area contributed by atoms with Crippen molar-refractivity contribution >= 4 is 22.8 Å². The third kappa shape index (κ3) is 4.03. The first-order valence-electron chi connectivity index (χ1n) is 9.98. The van der Waals surface area contributed by atoms with Gasteiger partial charge in [-0.2, -0.15) is 0 Å². The number of benzene rings is 3. The van der Waals surface area contributed by atoms with Crippen molar-refractivity contribution in [2.45, 2.75) is 13.0 Å². The van der Waals surface area contributed by atoms with Crippen molar-refractivity contribution < 1.29 is 14.3 Å². The van der Waals surface area contributed by atoms with Gasteiger partial charge in [-0.3, -0.25) is 4.79 Å².